The summed E-state index contributed by atoms with van der Waals surface area (Å²) in [6.07, 6.45) is 1.74. The molecular weight excluding hydrogens is 244 g/mol. The van der Waals surface area contributed by atoms with Gasteiger partial charge in [0.1, 0.15) is 10.4 Å². The molecule has 3 nitrogen and oxygen atoms in total. The normalized spacial score (nSPS) is 22.4. The van der Waals surface area contributed by atoms with Gasteiger partial charge in [-0.3, -0.25) is 0 Å². The van der Waals surface area contributed by atoms with Crippen molar-refractivity contribution in [1.29, 1.82) is 0 Å². The molecule has 2 rings (SSSR count). The number of β-amino-alcohol motifs (C(OH)–C–C–N with tert-alkyl or cyclic N) is 1. The first-order chi connectivity index (χ1) is 6.75. The van der Waals surface area contributed by atoms with Crippen LogP contribution in [0.15, 0.2) is 22.8 Å². The first kappa shape index (κ1) is 9.93. The van der Waals surface area contributed by atoms with Crippen molar-refractivity contribution in [1.82, 2.24) is 4.98 Å². The van der Waals surface area contributed by atoms with E-state index in [-0.39, 0.29) is 6.10 Å². The van der Waals surface area contributed by atoms with Crippen molar-refractivity contribution in [2.45, 2.75) is 18.9 Å². The number of aliphatic hydroxyl groups is 1. The van der Waals surface area contributed by atoms with E-state index in [1.165, 1.54) is 0 Å². The minimum Gasteiger partial charge on any atom is -0.391 e. The molecule has 0 bridgehead atoms. The standard InChI is InChI=1S/C10H13BrN2O/c11-9-4-1-5-10(12-9)13-6-2-3-8(14)7-13/h1,4-5,8,14H,2-3,6-7H2/t8-/m1/s1. The topological polar surface area (TPSA) is 36.4 Å². The molecule has 1 N–H and O–H groups in total. The maximum atomic E-state index is 9.53. The van der Waals surface area contributed by atoms with Crippen molar-refractivity contribution in [3.8, 4) is 0 Å². The molecule has 0 spiro atoms. The summed E-state index contributed by atoms with van der Waals surface area (Å²) in [5.41, 5.74) is 0. The molecule has 1 aliphatic heterocycles. The van der Waals surface area contributed by atoms with Crippen LogP contribution in [0.3, 0.4) is 0 Å². The van der Waals surface area contributed by atoms with Gasteiger partial charge in [0.05, 0.1) is 6.10 Å². The molecule has 76 valence electrons. The zero-order valence-corrected chi connectivity index (χ0v) is 9.44. The number of rotatable bonds is 1. The first-order valence-corrected chi connectivity index (χ1v) is 5.60. The second-order valence-corrected chi connectivity index (χ2v) is 4.37. The van der Waals surface area contributed by atoms with Crippen molar-refractivity contribution in [3.63, 3.8) is 0 Å². The Hall–Kier alpha value is -0.610. The molecule has 2 heterocycles. The summed E-state index contributed by atoms with van der Waals surface area (Å²) in [7, 11) is 0. The van der Waals surface area contributed by atoms with Crippen LogP contribution in [-0.2, 0) is 0 Å². The van der Waals surface area contributed by atoms with Gasteiger partial charge in [0, 0.05) is 13.1 Å². The van der Waals surface area contributed by atoms with Gasteiger partial charge in [-0.15, -0.1) is 0 Å². The Balaban J connectivity index is 2.14. The average Bonchev–Trinajstić information content (AvgIpc) is 2.18. The van der Waals surface area contributed by atoms with E-state index in [9.17, 15) is 5.11 Å². The molecule has 1 atom stereocenters. The highest BCUT2D eigenvalue weighted by molar-refractivity contribution is 9.10. The number of aliphatic hydroxyl groups excluding tert-OH is 1. The summed E-state index contributed by atoms with van der Waals surface area (Å²) in [6, 6.07) is 5.85. The Bertz CT molecular complexity index is 319. The van der Waals surface area contributed by atoms with Crippen LogP contribution in [-0.4, -0.2) is 29.3 Å². The fourth-order valence-electron chi connectivity index (χ4n) is 1.74. The molecular formula is C10H13BrN2O. The van der Waals surface area contributed by atoms with Crippen LogP contribution in [0.1, 0.15) is 12.8 Å². The molecule has 4 heteroatoms. The lowest BCUT2D eigenvalue weighted by Gasteiger charge is -2.30. The highest BCUT2D eigenvalue weighted by atomic mass is 79.9. The SMILES string of the molecule is O[C@@H]1CCCN(c2cccc(Br)n2)C1. The van der Waals surface area contributed by atoms with Crippen LogP contribution in [0.2, 0.25) is 0 Å². The van der Waals surface area contributed by atoms with E-state index in [1.54, 1.807) is 0 Å². The zero-order chi connectivity index (χ0) is 9.97. The highest BCUT2D eigenvalue weighted by Crippen LogP contribution is 2.19. The van der Waals surface area contributed by atoms with Crippen LogP contribution in [0, 0.1) is 0 Å². The van der Waals surface area contributed by atoms with Crippen molar-refractivity contribution >= 4 is 21.7 Å². The summed E-state index contributed by atoms with van der Waals surface area (Å²) in [5, 5.41) is 9.53. The van der Waals surface area contributed by atoms with Crippen LogP contribution in [0.4, 0.5) is 5.82 Å². The van der Waals surface area contributed by atoms with Crippen molar-refractivity contribution in [3.05, 3.63) is 22.8 Å². The number of aromatic nitrogens is 1. The monoisotopic (exact) mass is 256 g/mol. The molecule has 14 heavy (non-hydrogen) atoms. The second kappa shape index (κ2) is 4.28. The number of piperidine rings is 1. The van der Waals surface area contributed by atoms with Gasteiger partial charge in [-0.2, -0.15) is 0 Å². The molecule has 0 saturated carbocycles. The lowest BCUT2D eigenvalue weighted by molar-refractivity contribution is 0.154. The third-order valence-electron chi connectivity index (χ3n) is 2.42. The minimum absolute atomic E-state index is 0.204. The zero-order valence-electron chi connectivity index (χ0n) is 7.86. The maximum absolute atomic E-state index is 9.53. The average molecular weight is 257 g/mol. The van der Waals surface area contributed by atoms with Crippen LogP contribution in [0.5, 0.6) is 0 Å². The molecule has 1 aromatic heterocycles. The van der Waals surface area contributed by atoms with Crippen LogP contribution in [0.25, 0.3) is 0 Å². The molecule has 0 unspecified atom stereocenters. The molecule has 1 aliphatic rings. The van der Waals surface area contributed by atoms with Crippen LogP contribution < -0.4 is 4.90 Å². The number of hydrogen-bond donors (Lipinski definition) is 1. The third kappa shape index (κ3) is 2.25. The van der Waals surface area contributed by atoms with Gasteiger partial charge in [0.2, 0.25) is 0 Å². The van der Waals surface area contributed by atoms with Crippen LogP contribution >= 0.6 is 15.9 Å². The quantitative estimate of drug-likeness (QED) is 0.779. The van der Waals surface area contributed by atoms with E-state index in [0.717, 1.165) is 29.8 Å². The molecule has 0 radical (unpaired) electrons. The van der Waals surface area contributed by atoms with Gasteiger partial charge in [-0.05, 0) is 40.9 Å². The van der Waals surface area contributed by atoms with Crippen molar-refractivity contribution < 1.29 is 5.11 Å². The van der Waals surface area contributed by atoms with E-state index >= 15 is 0 Å². The summed E-state index contributed by atoms with van der Waals surface area (Å²) in [5.74, 6) is 0.943. The van der Waals surface area contributed by atoms with E-state index in [2.05, 4.69) is 25.8 Å². The molecule has 0 aliphatic carbocycles. The molecule has 0 amide bonds. The molecule has 1 saturated heterocycles. The lowest BCUT2D eigenvalue weighted by Crippen LogP contribution is -2.38. The number of nitrogens with zero attached hydrogens (tertiary/aromatic N) is 2. The molecule has 1 fully saturated rings. The van der Waals surface area contributed by atoms with Gasteiger partial charge in [-0.1, -0.05) is 6.07 Å². The maximum Gasteiger partial charge on any atom is 0.129 e. The van der Waals surface area contributed by atoms with Gasteiger partial charge in [0.25, 0.3) is 0 Å². The first-order valence-electron chi connectivity index (χ1n) is 4.81. The summed E-state index contributed by atoms with van der Waals surface area (Å²) < 4.78 is 0.843. The Labute approximate surface area is 91.9 Å². The largest absolute Gasteiger partial charge is 0.391 e. The third-order valence-corrected chi connectivity index (χ3v) is 2.86. The summed E-state index contributed by atoms with van der Waals surface area (Å²) in [6.45, 7) is 1.68. The Morgan fingerprint density at radius 1 is 1.50 bits per heavy atom. The summed E-state index contributed by atoms with van der Waals surface area (Å²) in [4.78, 5) is 6.49. The molecule has 0 aromatic carbocycles. The number of pyridine rings is 1. The Morgan fingerprint density at radius 2 is 2.36 bits per heavy atom. The van der Waals surface area contributed by atoms with E-state index in [1.807, 2.05) is 18.2 Å². The lowest BCUT2D eigenvalue weighted by atomic mass is 10.1. The van der Waals surface area contributed by atoms with Gasteiger partial charge in [0.15, 0.2) is 0 Å². The van der Waals surface area contributed by atoms with E-state index in [0.29, 0.717) is 6.54 Å². The highest BCUT2D eigenvalue weighted by Gasteiger charge is 2.18. The van der Waals surface area contributed by atoms with E-state index < -0.39 is 0 Å². The fourth-order valence-corrected chi connectivity index (χ4v) is 2.07. The predicted molar refractivity (Wildman–Crippen MR) is 59.4 cm³/mol. The van der Waals surface area contributed by atoms with Crippen molar-refractivity contribution in [2.75, 3.05) is 18.0 Å². The minimum atomic E-state index is -0.204. The molecule has 1 aromatic rings. The number of anilines is 1. The number of hydrogen-bond acceptors (Lipinski definition) is 3. The van der Waals surface area contributed by atoms with Crippen molar-refractivity contribution in [2.24, 2.45) is 0 Å². The van der Waals surface area contributed by atoms with E-state index in [4.69, 9.17) is 0 Å². The van der Waals surface area contributed by atoms with Gasteiger partial charge < -0.3 is 10.0 Å². The number of halogens is 1. The van der Waals surface area contributed by atoms with Gasteiger partial charge in [-0.25, -0.2) is 4.98 Å². The second-order valence-electron chi connectivity index (χ2n) is 3.56. The smallest absolute Gasteiger partial charge is 0.129 e. The Morgan fingerprint density at radius 3 is 3.07 bits per heavy atom. The Kier molecular flexibility index (Phi) is 3.03. The fraction of sp³-hybridized carbons (Fsp3) is 0.500. The summed E-state index contributed by atoms with van der Waals surface area (Å²) >= 11 is 3.34. The van der Waals surface area contributed by atoms with Gasteiger partial charge >= 0.3 is 0 Å². The predicted octanol–water partition coefficient (Wildman–Crippen LogP) is 1.81.